The second-order valence-electron chi connectivity index (χ2n) is 5.07. The number of nitrogens with one attached hydrogen (secondary N) is 1. The van der Waals surface area contributed by atoms with Crippen molar-refractivity contribution in [3.8, 4) is 0 Å². The fourth-order valence-electron chi connectivity index (χ4n) is 2.64. The average molecular weight is 251 g/mol. The van der Waals surface area contributed by atoms with E-state index in [0.29, 0.717) is 0 Å². The van der Waals surface area contributed by atoms with E-state index in [1.165, 1.54) is 25.2 Å². The van der Waals surface area contributed by atoms with E-state index in [0.717, 1.165) is 38.5 Å². The minimum Gasteiger partial charge on any atom is -0.355 e. The summed E-state index contributed by atoms with van der Waals surface area (Å²) in [5.41, 5.74) is 0. The van der Waals surface area contributed by atoms with E-state index < -0.39 is 0 Å². The number of nitrogens with zero attached hydrogens (tertiary/aromatic N) is 4. The normalized spacial score (nSPS) is 20.0. The van der Waals surface area contributed by atoms with Crippen LogP contribution in [0.1, 0.15) is 33.1 Å². The lowest BCUT2D eigenvalue weighted by atomic mass is 9.99. The Kier molecular flexibility index (Phi) is 4.99. The molecule has 18 heavy (non-hydrogen) atoms. The summed E-state index contributed by atoms with van der Waals surface area (Å²) >= 11 is 0. The molecule has 1 aliphatic heterocycles. The molecule has 0 saturated carbocycles. The van der Waals surface area contributed by atoms with Gasteiger partial charge in [-0.3, -0.25) is 0 Å². The van der Waals surface area contributed by atoms with Crippen LogP contribution in [0.5, 0.6) is 0 Å². The lowest BCUT2D eigenvalue weighted by molar-refractivity contribution is 0.375. The van der Waals surface area contributed by atoms with E-state index in [2.05, 4.69) is 34.4 Å². The van der Waals surface area contributed by atoms with Crippen LogP contribution in [0.15, 0.2) is 6.20 Å². The topological polar surface area (TPSA) is 46.0 Å². The van der Waals surface area contributed by atoms with Crippen LogP contribution < -0.4 is 10.2 Å². The zero-order valence-corrected chi connectivity index (χ0v) is 11.6. The summed E-state index contributed by atoms with van der Waals surface area (Å²) in [4.78, 5) is 2.41. The quantitative estimate of drug-likeness (QED) is 0.832. The maximum Gasteiger partial charge on any atom is 0.147 e. The van der Waals surface area contributed by atoms with Crippen molar-refractivity contribution in [1.29, 1.82) is 0 Å². The van der Waals surface area contributed by atoms with Crippen molar-refractivity contribution in [3.63, 3.8) is 0 Å². The van der Waals surface area contributed by atoms with E-state index >= 15 is 0 Å². The second kappa shape index (κ2) is 6.73. The van der Waals surface area contributed by atoms with Gasteiger partial charge in [-0.25, -0.2) is 4.68 Å². The summed E-state index contributed by atoms with van der Waals surface area (Å²) in [5, 5.41) is 11.7. The number of rotatable bonds is 6. The smallest absolute Gasteiger partial charge is 0.147 e. The van der Waals surface area contributed by atoms with Crippen LogP contribution in [0.4, 0.5) is 5.82 Å². The third-order valence-electron chi connectivity index (χ3n) is 3.62. The second-order valence-corrected chi connectivity index (χ2v) is 5.07. The van der Waals surface area contributed by atoms with Crippen molar-refractivity contribution in [1.82, 2.24) is 20.3 Å². The van der Waals surface area contributed by atoms with Crippen LogP contribution in [-0.2, 0) is 6.54 Å². The molecule has 1 saturated heterocycles. The molecule has 0 spiro atoms. The first-order valence-corrected chi connectivity index (χ1v) is 7.19. The maximum absolute atomic E-state index is 4.18. The number of piperidine rings is 1. The fraction of sp³-hybridized carbons (Fsp3) is 0.846. The Morgan fingerprint density at radius 1 is 1.50 bits per heavy atom. The number of hydrogen-bond acceptors (Lipinski definition) is 4. The van der Waals surface area contributed by atoms with Crippen molar-refractivity contribution < 1.29 is 0 Å². The molecular weight excluding hydrogens is 226 g/mol. The van der Waals surface area contributed by atoms with Gasteiger partial charge in [0.2, 0.25) is 0 Å². The summed E-state index contributed by atoms with van der Waals surface area (Å²) < 4.78 is 2.03. The van der Waals surface area contributed by atoms with E-state index in [1.807, 2.05) is 10.9 Å². The molecule has 0 aliphatic carbocycles. The molecule has 0 amide bonds. The van der Waals surface area contributed by atoms with Crippen molar-refractivity contribution in [2.75, 3.05) is 31.1 Å². The molecule has 1 unspecified atom stereocenters. The number of anilines is 1. The van der Waals surface area contributed by atoms with Gasteiger partial charge in [0.1, 0.15) is 5.82 Å². The molecule has 2 heterocycles. The molecule has 2 rings (SSSR count). The number of hydrogen-bond donors (Lipinski definition) is 1. The highest BCUT2D eigenvalue weighted by atomic mass is 15.5. The van der Waals surface area contributed by atoms with E-state index in [9.17, 15) is 0 Å². The van der Waals surface area contributed by atoms with Crippen LogP contribution in [0, 0.1) is 5.92 Å². The molecular formula is C13H25N5. The van der Waals surface area contributed by atoms with Gasteiger partial charge in [-0.1, -0.05) is 12.1 Å². The van der Waals surface area contributed by atoms with Gasteiger partial charge in [0.05, 0.1) is 6.20 Å². The van der Waals surface area contributed by atoms with E-state index in [-0.39, 0.29) is 0 Å². The predicted molar refractivity (Wildman–Crippen MR) is 73.8 cm³/mol. The minimum absolute atomic E-state index is 0.753. The lowest BCUT2D eigenvalue weighted by Gasteiger charge is -2.30. The van der Waals surface area contributed by atoms with Gasteiger partial charge in [0, 0.05) is 19.6 Å². The zero-order valence-electron chi connectivity index (χ0n) is 11.6. The Morgan fingerprint density at radius 2 is 2.39 bits per heavy atom. The third-order valence-corrected chi connectivity index (χ3v) is 3.62. The van der Waals surface area contributed by atoms with Crippen molar-refractivity contribution in [3.05, 3.63) is 6.20 Å². The predicted octanol–water partition coefficient (Wildman–Crippen LogP) is 1.51. The van der Waals surface area contributed by atoms with Crippen LogP contribution >= 0.6 is 0 Å². The van der Waals surface area contributed by atoms with Gasteiger partial charge in [-0.15, -0.1) is 5.10 Å². The molecule has 5 heteroatoms. The zero-order chi connectivity index (χ0) is 12.8. The van der Waals surface area contributed by atoms with Crippen LogP contribution in [0.25, 0.3) is 0 Å². The van der Waals surface area contributed by atoms with Gasteiger partial charge in [-0.2, -0.15) is 0 Å². The van der Waals surface area contributed by atoms with Crippen molar-refractivity contribution >= 4 is 5.82 Å². The molecule has 0 bridgehead atoms. The molecule has 1 fully saturated rings. The molecule has 1 aliphatic rings. The molecule has 1 aromatic rings. The van der Waals surface area contributed by atoms with Crippen molar-refractivity contribution in [2.24, 2.45) is 5.92 Å². The van der Waals surface area contributed by atoms with Crippen LogP contribution in [0.2, 0.25) is 0 Å². The Morgan fingerprint density at radius 3 is 3.06 bits per heavy atom. The monoisotopic (exact) mass is 251 g/mol. The third kappa shape index (κ3) is 3.22. The van der Waals surface area contributed by atoms with Gasteiger partial charge in [-0.05, 0) is 45.2 Å². The summed E-state index contributed by atoms with van der Waals surface area (Å²) in [5.74, 6) is 1.92. The Labute approximate surface area is 110 Å². The Bertz CT molecular complexity index is 343. The van der Waals surface area contributed by atoms with E-state index in [4.69, 9.17) is 0 Å². The highest BCUT2D eigenvalue weighted by molar-refractivity contribution is 5.35. The summed E-state index contributed by atoms with van der Waals surface area (Å²) in [6.45, 7) is 9.79. The summed E-state index contributed by atoms with van der Waals surface area (Å²) in [6, 6.07) is 0. The van der Waals surface area contributed by atoms with Gasteiger partial charge < -0.3 is 10.2 Å². The summed E-state index contributed by atoms with van der Waals surface area (Å²) in [7, 11) is 0. The largest absolute Gasteiger partial charge is 0.355 e. The average Bonchev–Trinajstić information content (AvgIpc) is 2.86. The fourth-order valence-corrected chi connectivity index (χ4v) is 2.64. The Balaban J connectivity index is 2.00. The van der Waals surface area contributed by atoms with Gasteiger partial charge in [0.15, 0.2) is 0 Å². The number of aromatic nitrogens is 3. The maximum atomic E-state index is 4.18. The molecule has 102 valence electrons. The summed E-state index contributed by atoms with van der Waals surface area (Å²) in [6.07, 6.45) is 5.63. The van der Waals surface area contributed by atoms with E-state index in [1.54, 1.807) is 0 Å². The van der Waals surface area contributed by atoms with Crippen molar-refractivity contribution in [2.45, 2.75) is 39.7 Å². The van der Waals surface area contributed by atoms with Crippen LogP contribution in [0.3, 0.4) is 0 Å². The SMILES string of the molecule is CCCn1nncc1N(CC)CC1CCCNC1. The molecule has 0 aromatic carbocycles. The Hall–Kier alpha value is -1.10. The van der Waals surface area contributed by atoms with Crippen LogP contribution in [-0.4, -0.2) is 41.2 Å². The number of aryl methyl sites for hydroxylation is 1. The first kappa shape index (κ1) is 13.3. The first-order chi connectivity index (χ1) is 8.85. The highest BCUT2D eigenvalue weighted by Crippen LogP contribution is 2.18. The molecule has 1 aromatic heterocycles. The molecule has 1 N–H and O–H groups in total. The first-order valence-electron chi connectivity index (χ1n) is 7.19. The lowest BCUT2D eigenvalue weighted by Crippen LogP contribution is -2.39. The molecule has 0 radical (unpaired) electrons. The van der Waals surface area contributed by atoms with Gasteiger partial charge in [0.25, 0.3) is 0 Å². The molecule has 5 nitrogen and oxygen atoms in total. The standard InChI is InChI=1S/C13H25N5/c1-3-8-18-13(10-15-16-18)17(4-2)11-12-6-5-7-14-9-12/h10,12,14H,3-9,11H2,1-2H3. The van der Waals surface area contributed by atoms with Gasteiger partial charge >= 0.3 is 0 Å². The molecule has 1 atom stereocenters. The minimum atomic E-state index is 0.753. The highest BCUT2D eigenvalue weighted by Gasteiger charge is 2.18.